The molecule has 0 saturated heterocycles. The second kappa shape index (κ2) is 7.83. The summed E-state index contributed by atoms with van der Waals surface area (Å²) in [5, 5.41) is 11.7. The zero-order valence-electron chi connectivity index (χ0n) is 14.8. The first-order valence-corrected chi connectivity index (χ1v) is 9.01. The molecule has 5 nitrogen and oxygen atoms in total. The molecule has 134 valence electrons. The monoisotopic (exact) mass is 356 g/mol. The van der Waals surface area contributed by atoms with E-state index in [1.807, 2.05) is 72.8 Å². The Labute approximate surface area is 157 Å². The highest BCUT2D eigenvalue weighted by Gasteiger charge is 2.19. The van der Waals surface area contributed by atoms with Crippen LogP contribution in [0, 0.1) is 0 Å². The van der Waals surface area contributed by atoms with Crippen molar-refractivity contribution >= 4 is 16.9 Å². The van der Waals surface area contributed by atoms with Crippen molar-refractivity contribution in [1.82, 2.24) is 20.3 Å². The van der Waals surface area contributed by atoms with Crippen LogP contribution >= 0.6 is 0 Å². The zero-order valence-corrected chi connectivity index (χ0v) is 14.8. The number of para-hydroxylation sites is 1. The Kier molecular flexibility index (Phi) is 4.92. The van der Waals surface area contributed by atoms with E-state index in [-0.39, 0.29) is 12.1 Å². The van der Waals surface area contributed by atoms with Crippen molar-refractivity contribution in [3.05, 3.63) is 96.1 Å². The number of fused-ring (bicyclic) bond motifs is 1. The number of benzene rings is 3. The zero-order chi connectivity index (χ0) is 18.5. The SMILES string of the molecule is O=C(NC(CCc1ccccc1)n1nnc2ccccc21)c1ccccc1. The van der Waals surface area contributed by atoms with E-state index in [1.165, 1.54) is 5.56 Å². The van der Waals surface area contributed by atoms with Crippen molar-refractivity contribution in [2.45, 2.75) is 19.0 Å². The fraction of sp³-hybridized carbons (Fsp3) is 0.136. The van der Waals surface area contributed by atoms with Crippen molar-refractivity contribution in [2.24, 2.45) is 0 Å². The van der Waals surface area contributed by atoms with Gasteiger partial charge in [0.15, 0.2) is 0 Å². The van der Waals surface area contributed by atoms with Crippen molar-refractivity contribution < 1.29 is 4.79 Å². The van der Waals surface area contributed by atoms with Crippen molar-refractivity contribution in [3.63, 3.8) is 0 Å². The van der Waals surface area contributed by atoms with Gasteiger partial charge in [0.2, 0.25) is 0 Å². The van der Waals surface area contributed by atoms with E-state index in [0.717, 1.165) is 23.9 Å². The molecule has 1 atom stereocenters. The number of hydrogen-bond acceptors (Lipinski definition) is 3. The predicted octanol–water partition coefficient (Wildman–Crippen LogP) is 3.99. The van der Waals surface area contributed by atoms with E-state index in [9.17, 15) is 4.79 Å². The molecule has 1 aromatic heterocycles. The molecule has 0 saturated carbocycles. The first kappa shape index (κ1) is 17.0. The van der Waals surface area contributed by atoms with Crippen LogP contribution in [0.25, 0.3) is 11.0 Å². The second-order valence-electron chi connectivity index (χ2n) is 6.40. The average molecular weight is 356 g/mol. The van der Waals surface area contributed by atoms with Gasteiger partial charge in [-0.15, -0.1) is 5.10 Å². The molecule has 0 radical (unpaired) electrons. The lowest BCUT2D eigenvalue weighted by molar-refractivity contribution is 0.0913. The lowest BCUT2D eigenvalue weighted by Crippen LogP contribution is -2.33. The molecular formula is C22H20N4O. The predicted molar refractivity (Wildman–Crippen MR) is 105 cm³/mol. The maximum absolute atomic E-state index is 12.7. The van der Waals surface area contributed by atoms with Crippen molar-refractivity contribution in [2.75, 3.05) is 0 Å². The van der Waals surface area contributed by atoms with Gasteiger partial charge in [-0.3, -0.25) is 4.79 Å². The molecule has 27 heavy (non-hydrogen) atoms. The number of hydrogen-bond donors (Lipinski definition) is 1. The smallest absolute Gasteiger partial charge is 0.252 e. The molecule has 0 spiro atoms. The molecule has 0 aliphatic heterocycles. The summed E-state index contributed by atoms with van der Waals surface area (Å²) >= 11 is 0. The Morgan fingerprint density at radius 2 is 1.56 bits per heavy atom. The third-order valence-corrected chi connectivity index (χ3v) is 4.56. The lowest BCUT2D eigenvalue weighted by atomic mass is 10.1. The summed E-state index contributed by atoms with van der Waals surface area (Å²) in [4.78, 5) is 12.7. The Hall–Kier alpha value is -3.47. The Bertz CT molecular complexity index is 1030. The van der Waals surface area contributed by atoms with Gasteiger partial charge in [-0.05, 0) is 42.7 Å². The van der Waals surface area contributed by atoms with Crippen LogP contribution in [0.2, 0.25) is 0 Å². The molecule has 1 unspecified atom stereocenters. The summed E-state index contributed by atoms with van der Waals surface area (Å²) in [6.45, 7) is 0. The number of amides is 1. The summed E-state index contributed by atoms with van der Waals surface area (Å²) in [7, 11) is 0. The highest BCUT2D eigenvalue weighted by Crippen LogP contribution is 2.19. The summed E-state index contributed by atoms with van der Waals surface area (Å²) in [6, 6.07) is 27.3. The standard InChI is InChI=1S/C22H20N4O/c27-22(18-11-5-2-6-12-18)23-21(16-15-17-9-3-1-4-10-17)26-20-14-8-7-13-19(20)24-25-26/h1-14,21H,15-16H2,(H,23,27). The number of aryl methyl sites for hydroxylation is 1. The van der Waals surface area contributed by atoms with Gasteiger partial charge >= 0.3 is 0 Å². The first-order valence-electron chi connectivity index (χ1n) is 9.01. The average Bonchev–Trinajstić information content (AvgIpc) is 3.16. The topological polar surface area (TPSA) is 59.8 Å². The Balaban J connectivity index is 1.61. The van der Waals surface area contributed by atoms with Gasteiger partial charge in [-0.2, -0.15) is 0 Å². The molecule has 4 rings (SSSR count). The fourth-order valence-electron chi connectivity index (χ4n) is 3.15. The van der Waals surface area contributed by atoms with Gasteiger partial charge in [0.05, 0.1) is 5.52 Å². The molecule has 3 aromatic carbocycles. The summed E-state index contributed by atoms with van der Waals surface area (Å²) in [6.07, 6.45) is 1.26. The maximum atomic E-state index is 12.7. The molecule has 1 N–H and O–H groups in total. The van der Waals surface area contributed by atoms with Crippen LogP contribution < -0.4 is 5.32 Å². The highest BCUT2D eigenvalue weighted by molar-refractivity contribution is 5.94. The minimum atomic E-state index is -0.287. The van der Waals surface area contributed by atoms with Crippen LogP contribution in [-0.2, 0) is 6.42 Å². The number of carbonyl (C=O) groups excluding carboxylic acids is 1. The summed E-state index contributed by atoms with van der Waals surface area (Å²) in [5.74, 6) is -0.117. The van der Waals surface area contributed by atoms with Gasteiger partial charge in [-0.1, -0.05) is 65.9 Å². The molecule has 1 heterocycles. The van der Waals surface area contributed by atoms with E-state index in [2.05, 4.69) is 27.8 Å². The third kappa shape index (κ3) is 3.87. The molecule has 0 aliphatic carbocycles. The van der Waals surface area contributed by atoms with Gasteiger partial charge in [0.25, 0.3) is 5.91 Å². The summed E-state index contributed by atoms with van der Waals surface area (Å²) < 4.78 is 1.80. The summed E-state index contributed by atoms with van der Waals surface area (Å²) in [5.41, 5.74) is 3.58. The fourth-order valence-corrected chi connectivity index (χ4v) is 3.15. The third-order valence-electron chi connectivity index (χ3n) is 4.56. The van der Waals surface area contributed by atoms with Gasteiger partial charge < -0.3 is 5.32 Å². The second-order valence-corrected chi connectivity index (χ2v) is 6.40. The highest BCUT2D eigenvalue weighted by atomic mass is 16.1. The molecule has 4 aromatic rings. The van der Waals surface area contributed by atoms with Crippen LogP contribution in [0.4, 0.5) is 0 Å². The number of rotatable bonds is 6. The number of nitrogens with one attached hydrogen (secondary N) is 1. The van der Waals surface area contributed by atoms with E-state index in [1.54, 1.807) is 4.68 Å². The van der Waals surface area contributed by atoms with Gasteiger partial charge in [0.1, 0.15) is 11.7 Å². The Morgan fingerprint density at radius 3 is 2.33 bits per heavy atom. The molecule has 0 bridgehead atoms. The van der Waals surface area contributed by atoms with Crippen LogP contribution in [0.5, 0.6) is 0 Å². The largest absolute Gasteiger partial charge is 0.330 e. The van der Waals surface area contributed by atoms with Crippen LogP contribution in [-0.4, -0.2) is 20.9 Å². The van der Waals surface area contributed by atoms with E-state index in [4.69, 9.17) is 0 Å². The van der Waals surface area contributed by atoms with Gasteiger partial charge in [-0.25, -0.2) is 4.68 Å². The normalized spacial score (nSPS) is 12.0. The quantitative estimate of drug-likeness (QED) is 0.568. The van der Waals surface area contributed by atoms with E-state index < -0.39 is 0 Å². The number of nitrogens with zero attached hydrogens (tertiary/aromatic N) is 3. The molecular weight excluding hydrogens is 336 g/mol. The maximum Gasteiger partial charge on any atom is 0.252 e. The number of aromatic nitrogens is 3. The van der Waals surface area contributed by atoms with Crippen molar-refractivity contribution in [1.29, 1.82) is 0 Å². The Morgan fingerprint density at radius 1 is 0.889 bits per heavy atom. The molecule has 5 heteroatoms. The van der Waals surface area contributed by atoms with Crippen molar-refractivity contribution in [3.8, 4) is 0 Å². The number of carbonyl (C=O) groups is 1. The molecule has 1 amide bonds. The van der Waals surface area contributed by atoms with E-state index in [0.29, 0.717) is 5.56 Å². The minimum absolute atomic E-state index is 0.117. The first-order chi connectivity index (χ1) is 13.3. The van der Waals surface area contributed by atoms with E-state index >= 15 is 0 Å². The molecule has 0 aliphatic rings. The van der Waals surface area contributed by atoms with Gasteiger partial charge in [0, 0.05) is 5.56 Å². The van der Waals surface area contributed by atoms with Crippen LogP contribution in [0.3, 0.4) is 0 Å². The minimum Gasteiger partial charge on any atom is -0.330 e. The molecule has 0 fully saturated rings. The van der Waals surface area contributed by atoms with Crippen LogP contribution in [0.15, 0.2) is 84.9 Å². The lowest BCUT2D eigenvalue weighted by Gasteiger charge is -2.20. The van der Waals surface area contributed by atoms with Crippen LogP contribution in [0.1, 0.15) is 28.5 Å².